The summed E-state index contributed by atoms with van der Waals surface area (Å²) in [6, 6.07) is 1.22. The quantitative estimate of drug-likeness (QED) is 0.691. The molecular formula is C10H12N2O5. The molecule has 0 unspecified atom stereocenters. The number of Topliss-reactive ketones (excluding diaryl/α,β-unsaturated/α-hetero) is 1. The topological polar surface area (TPSA) is 87.5 Å². The summed E-state index contributed by atoms with van der Waals surface area (Å²) in [6.07, 6.45) is 0. The van der Waals surface area contributed by atoms with Crippen LogP contribution in [0, 0.1) is 0 Å². The van der Waals surface area contributed by atoms with Crippen LogP contribution in [0.1, 0.15) is 27.9 Å². The van der Waals surface area contributed by atoms with Crippen LogP contribution in [-0.2, 0) is 20.8 Å². The van der Waals surface area contributed by atoms with Crippen molar-refractivity contribution >= 4 is 17.7 Å². The number of carbonyl (C=O) groups is 3. The first-order chi connectivity index (χ1) is 7.99. The molecule has 7 heteroatoms. The van der Waals surface area contributed by atoms with Gasteiger partial charge in [-0.2, -0.15) is 5.10 Å². The minimum Gasteiger partial charge on any atom is -0.464 e. The summed E-state index contributed by atoms with van der Waals surface area (Å²) in [7, 11) is 2.40. The van der Waals surface area contributed by atoms with Gasteiger partial charge in [0.05, 0.1) is 14.2 Å². The zero-order chi connectivity index (χ0) is 13.0. The van der Waals surface area contributed by atoms with E-state index in [0.717, 1.165) is 4.68 Å². The molecule has 0 atom stereocenters. The molecule has 0 bridgehead atoms. The van der Waals surface area contributed by atoms with Gasteiger partial charge < -0.3 is 9.47 Å². The summed E-state index contributed by atoms with van der Waals surface area (Å²) in [4.78, 5) is 33.6. The minimum absolute atomic E-state index is 0.0306. The van der Waals surface area contributed by atoms with E-state index in [1.54, 1.807) is 0 Å². The Hall–Kier alpha value is -2.18. The molecule has 7 nitrogen and oxygen atoms in total. The third kappa shape index (κ3) is 2.90. The van der Waals surface area contributed by atoms with Gasteiger partial charge in [-0.15, -0.1) is 0 Å². The van der Waals surface area contributed by atoms with Crippen LogP contribution in [0.15, 0.2) is 6.07 Å². The lowest BCUT2D eigenvalue weighted by Crippen LogP contribution is -2.16. The first kappa shape index (κ1) is 12.9. The third-order valence-electron chi connectivity index (χ3n) is 1.94. The number of esters is 2. The number of aromatic nitrogens is 2. The molecule has 1 rings (SSSR count). The molecule has 0 saturated heterocycles. The smallest absolute Gasteiger partial charge is 0.358 e. The monoisotopic (exact) mass is 240 g/mol. The van der Waals surface area contributed by atoms with E-state index in [1.165, 1.54) is 27.2 Å². The number of rotatable bonds is 4. The lowest BCUT2D eigenvalue weighted by Gasteiger charge is -2.02. The second-order valence-corrected chi connectivity index (χ2v) is 3.26. The Morgan fingerprint density at radius 2 is 1.82 bits per heavy atom. The van der Waals surface area contributed by atoms with Gasteiger partial charge in [0.15, 0.2) is 11.5 Å². The van der Waals surface area contributed by atoms with Crippen molar-refractivity contribution in [3.05, 3.63) is 17.5 Å². The van der Waals surface area contributed by atoms with Crippen molar-refractivity contribution in [1.82, 2.24) is 9.78 Å². The molecule has 1 heterocycles. The molecule has 1 aromatic rings. The Morgan fingerprint density at radius 3 is 2.29 bits per heavy atom. The highest BCUT2D eigenvalue weighted by Gasteiger charge is 2.20. The van der Waals surface area contributed by atoms with Gasteiger partial charge in [-0.1, -0.05) is 0 Å². The molecule has 1 aromatic heterocycles. The van der Waals surface area contributed by atoms with E-state index in [-0.39, 0.29) is 23.7 Å². The Balaban J connectivity index is 3.16. The molecule has 0 N–H and O–H groups in total. The van der Waals surface area contributed by atoms with Crippen LogP contribution in [-0.4, -0.2) is 41.7 Å². The van der Waals surface area contributed by atoms with E-state index in [4.69, 9.17) is 0 Å². The zero-order valence-corrected chi connectivity index (χ0v) is 9.72. The fraction of sp³-hybridized carbons (Fsp3) is 0.400. The van der Waals surface area contributed by atoms with Gasteiger partial charge in [0.1, 0.15) is 12.2 Å². The van der Waals surface area contributed by atoms with Crippen molar-refractivity contribution in [3.63, 3.8) is 0 Å². The second kappa shape index (κ2) is 5.24. The number of ether oxygens (including phenoxy) is 2. The molecule has 0 saturated carbocycles. The SMILES string of the molecule is COC(=O)c1cc(C(=O)OC)n(CC(C)=O)n1. The van der Waals surface area contributed by atoms with E-state index in [9.17, 15) is 14.4 Å². The van der Waals surface area contributed by atoms with Crippen LogP contribution >= 0.6 is 0 Å². The van der Waals surface area contributed by atoms with Crippen molar-refractivity contribution in [1.29, 1.82) is 0 Å². The molecule has 17 heavy (non-hydrogen) atoms. The number of nitrogens with zero attached hydrogens (tertiary/aromatic N) is 2. The molecule has 92 valence electrons. The van der Waals surface area contributed by atoms with Crippen LogP contribution in [0.3, 0.4) is 0 Å². The van der Waals surface area contributed by atoms with Crippen LogP contribution in [0.25, 0.3) is 0 Å². The van der Waals surface area contributed by atoms with E-state index >= 15 is 0 Å². The summed E-state index contributed by atoms with van der Waals surface area (Å²) in [5.41, 5.74) is -0.0164. The molecule has 0 aliphatic carbocycles. The van der Waals surface area contributed by atoms with Crippen molar-refractivity contribution in [2.45, 2.75) is 13.5 Å². The van der Waals surface area contributed by atoms with Crippen LogP contribution in [0.2, 0.25) is 0 Å². The highest BCUT2D eigenvalue weighted by Crippen LogP contribution is 2.07. The van der Waals surface area contributed by atoms with E-state index in [2.05, 4.69) is 14.6 Å². The molecule has 0 aliphatic heterocycles. The Kier molecular flexibility index (Phi) is 3.97. The molecule has 0 aliphatic rings. The Labute approximate surface area is 97.3 Å². The van der Waals surface area contributed by atoms with Crippen molar-refractivity contribution in [3.8, 4) is 0 Å². The molecule has 0 fully saturated rings. The average molecular weight is 240 g/mol. The van der Waals surface area contributed by atoms with Gasteiger partial charge in [0, 0.05) is 6.07 Å². The lowest BCUT2D eigenvalue weighted by atomic mass is 10.3. The van der Waals surface area contributed by atoms with E-state index in [1.807, 2.05) is 0 Å². The van der Waals surface area contributed by atoms with E-state index < -0.39 is 11.9 Å². The van der Waals surface area contributed by atoms with Gasteiger partial charge in [-0.05, 0) is 6.92 Å². The van der Waals surface area contributed by atoms with Gasteiger partial charge in [0.25, 0.3) is 0 Å². The molecular weight excluding hydrogens is 228 g/mol. The van der Waals surface area contributed by atoms with Crippen molar-refractivity contribution in [2.24, 2.45) is 0 Å². The normalized spacial score (nSPS) is 9.82. The van der Waals surface area contributed by atoms with Gasteiger partial charge in [-0.3, -0.25) is 4.79 Å². The summed E-state index contributed by atoms with van der Waals surface area (Å²) < 4.78 is 10.1. The van der Waals surface area contributed by atoms with Crippen LogP contribution in [0.4, 0.5) is 0 Å². The first-order valence-corrected chi connectivity index (χ1v) is 4.73. The highest BCUT2D eigenvalue weighted by molar-refractivity contribution is 5.93. The number of ketones is 1. The predicted octanol–water partition coefficient (Wildman–Crippen LogP) is 0.0453. The summed E-state index contributed by atoms with van der Waals surface area (Å²) in [5, 5.41) is 3.81. The maximum Gasteiger partial charge on any atom is 0.358 e. The third-order valence-corrected chi connectivity index (χ3v) is 1.94. The largest absolute Gasteiger partial charge is 0.464 e. The average Bonchev–Trinajstić information content (AvgIpc) is 2.70. The zero-order valence-electron chi connectivity index (χ0n) is 9.72. The van der Waals surface area contributed by atoms with Gasteiger partial charge in [0.2, 0.25) is 0 Å². The lowest BCUT2D eigenvalue weighted by molar-refractivity contribution is -0.117. The highest BCUT2D eigenvalue weighted by atomic mass is 16.5. The van der Waals surface area contributed by atoms with Gasteiger partial charge >= 0.3 is 11.9 Å². The van der Waals surface area contributed by atoms with Gasteiger partial charge in [-0.25, -0.2) is 14.3 Å². The number of hydrogen-bond donors (Lipinski definition) is 0. The van der Waals surface area contributed by atoms with Crippen molar-refractivity contribution in [2.75, 3.05) is 14.2 Å². The molecule has 0 amide bonds. The molecule has 0 aromatic carbocycles. The maximum atomic E-state index is 11.4. The van der Waals surface area contributed by atoms with Crippen LogP contribution in [0.5, 0.6) is 0 Å². The maximum absolute atomic E-state index is 11.4. The summed E-state index contributed by atoms with van der Waals surface area (Å²) in [5.74, 6) is -1.55. The standard InChI is InChI=1S/C10H12N2O5/c1-6(13)5-12-8(10(15)17-3)4-7(11-12)9(14)16-2/h4H,5H2,1-3H3. The fourth-order valence-electron chi connectivity index (χ4n) is 1.22. The Morgan fingerprint density at radius 1 is 1.24 bits per heavy atom. The Bertz CT molecular complexity index is 463. The number of hydrogen-bond acceptors (Lipinski definition) is 6. The second-order valence-electron chi connectivity index (χ2n) is 3.26. The predicted molar refractivity (Wildman–Crippen MR) is 55.6 cm³/mol. The van der Waals surface area contributed by atoms with Crippen molar-refractivity contribution < 1.29 is 23.9 Å². The number of carbonyl (C=O) groups excluding carboxylic acids is 3. The fourth-order valence-corrected chi connectivity index (χ4v) is 1.22. The first-order valence-electron chi connectivity index (χ1n) is 4.73. The summed E-state index contributed by atoms with van der Waals surface area (Å²) in [6.45, 7) is 1.24. The molecule has 0 spiro atoms. The van der Waals surface area contributed by atoms with E-state index in [0.29, 0.717) is 0 Å². The summed E-state index contributed by atoms with van der Waals surface area (Å²) >= 11 is 0. The van der Waals surface area contributed by atoms with Crippen LogP contribution < -0.4 is 0 Å². The molecule has 0 radical (unpaired) electrons. The minimum atomic E-state index is -0.683. The number of methoxy groups -OCH3 is 2.